The van der Waals surface area contributed by atoms with Gasteiger partial charge in [-0.25, -0.2) is 0 Å². The topological polar surface area (TPSA) is 9.86 Å². The zero-order valence-corrected chi connectivity index (χ0v) is 30.1. The number of hydrogen-bond acceptors (Lipinski definition) is 0. The van der Waals surface area contributed by atoms with E-state index < -0.39 is 0 Å². The van der Waals surface area contributed by atoms with Gasteiger partial charge in [0.05, 0.1) is 11.4 Å². The summed E-state index contributed by atoms with van der Waals surface area (Å²) in [6, 6.07) is 34.7. The summed E-state index contributed by atoms with van der Waals surface area (Å²) in [5.41, 5.74) is 10.3. The van der Waals surface area contributed by atoms with Gasteiger partial charge in [0.1, 0.15) is 0 Å². The molecule has 232 valence electrons. The maximum absolute atomic E-state index is 6.41. The Morgan fingerprint density at radius 1 is 0.467 bits per heavy atom. The predicted molar refractivity (Wildman–Crippen MR) is 203 cm³/mol. The predicted octanol–water partition coefficient (Wildman–Crippen LogP) is 13.0. The highest BCUT2D eigenvalue weighted by Gasteiger charge is 2.24. The molecule has 6 rings (SSSR count). The van der Waals surface area contributed by atoms with Gasteiger partial charge in [-0.05, 0) is 84.3 Å². The molecule has 0 aliphatic heterocycles. The van der Waals surface area contributed by atoms with Crippen molar-refractivity contribution in [1.29, 1.82) is 0 Å². The number of aromatic nitrogens is 2. The number of aryl methyl sites for hydroxylation is 2. The zero-order chi connectivity index (χ0) is 31.2. The van der Waals surface area contributed by atoms with Gasteiger partial charge in [0, 0.05) is 62.0 Å². The second-order valence-corrected chi connectivity index (χ2v) is 14.1. The van der Waals surface area contributed by atoms with Gasteiger partial charge in [0.25, 0.3) is 0 Å². The van der Waals surface area contributed by atoms with E-state index in [2.05, 4.69) is 114 Å². The Kier molecular flexibility index (Phi) is 11.1. The molecule has 0 amide bonds. The quantitative estimate of drug-likeness (QED) is 0.0772. The Bertz CT molecular complexity index is 1730. The molecule has 2 nitrogen and oxygen atoms in total. The highest BCUT2D eigenvalue weighted by molar-refractivity contribution is 9.09. The molecule has 4 aromatic carbocycles. The summed E-state index contributed by atoms with van der Waals surface area (Å²) in [5.74, 6) is 0. The standard InChI is InChI=1S/C39H38Br2Cl2N2/c40-23-7-1-9-25-44-36-13-5-3-11-32(36)34(38(44)28-15-19-30(42)20-16-28)27-35-33-12-4-6-14-37(33)45(26-10-2-8-24-41)39(35)29-17-21-31(43)22-18-29/h3-6,11-22H,1-2,7-10,23-27H2. The third-order valence-corrected chi connectivity index (χ3v) is 10.4. The normalized spacial score (nSPS) is 11.6. The fourth-order valence-electron chi connectivity index (χ4n) is 6.71. The SMILES string of the molecule is Clc1ccc(-c2c(Cc3c(-c4ccc(Cl)cc4)n(CCCCCBr)c4ccccc34)c3ccccc3n2CCCCCBr)cc1. The van der Waals surface area contributed by atoms with Crippen molar-refractivity contribution in [1.82, 2.24) is 9.13 Å². The highest BCUT2D eigenvalue weighted by Crippen LogP contribution is 2.41. The average Bonchev–Trinajstić information content (AvgIpc) is 3.54. The van der Waals surface area contributed by atoms with Crippen molar-refractivity contribution in [2.24, 2.45) is 0 Å². The molecule has 0 aliphatic rings. The molecule has 0 saturated heterocycles. The van der Waals surface area contributed by atoms with Gasteiger partial charge in [-0.2, -0.15) is 0 Å². The molecule has 0 saturated carbocycles. The molecule has 0 spiro atoms. The Hall–Kier alpha value is -2.50. The maximum atomic E-state index is 6.41. The van der Waals surface area contributed by atoms with E-state index in [1.54, 1.807) is 0 Å². The first-order valence-electron chi connectivity index (χ1n) is 15.9. The first kappa shape index (κ1) is 32.4. The summed E-state index contributed by atoms with van der Waals surface area (Å²) in [6.07, 6.45) is 7.83. The van der Waals surface area contributed by atoms with Crippen LogP contribution >= 0.6 is 55.1 Å². The molecule has 0 fully saturated rings. The lowest BCUT2D eigenvalue weighted by molar-refractivity contribution is 0.621. The summed E-state index contributed by atoms with van der Waals surface area (Å²) in [4.78, 5) is 0. The molecule has 0 aliphatic carbocycles. The van der Waals surface area contributed by atoms with Crippen molar-refractivity contribution in [2.75, 3.05) is 10.7 Å². The molecule has 0 radical (unpaired) electrons. The second-order valence-electron chi connectivity index (χ2n) is 11.7. The summed E-state index contributed by atoms with van der Waals surface area (Å²) in [6.45, 7) is 1.95. The van der Waals surface area contributed by atoms with Crippen LogP contribution in [0.25, 0.3) is 44.3 Å². The van der Waals surface area contributed by atoms with Crippen molar-refractivity contribution in [3.63, 3.8) is 0 Å². The lowest BCUT2D eigenvalue weighted by Gasteiger charge is -2.15. The molecule has 0 N–H and O–H groups in total. The Balaban J connectivity index is 1.58. The molecule has 6 heteroatoms. The fraction of sp³-hybridized carbons (Fsp3) is 0.282. The Labute approximate surface area is 293 Å². The number of fused-ring (bicyclic) bond motifs is 2. The largest absolute Gasteiger partial charge is 0.340 e. The third-order valence-electron chi connectivity index (χ3n) is 8.77. The number of alkyl halides is 2. The summed E-state index contributed by atoms with van der Waals surface area (Å²) in [7, 11) is 0. The lowest BCUT2D eigenvalue weighted by atomic mass is 9.94. The van der Waals surface area contributed by atoms with Crippen LogP contribution in [0, 0.1) is 0 Å². The number of rotatable bonds is 14. The summed E-state index contributed by atoms with van der Waals surface area (Å²) in [5, 5.41) is 6.24. The molecule has 0 atom stereocenters. The number of hydrogen-bond donors (Lipinski definition) is 0. The summed E-state index contributed by atoms with van der Waals surface area (Å²) < 4.78 is 5.12. The lowest BCUT2D eigenvalue weighted by Crippen LogP contribution is -2.04. The van der Waals surface area contributed by atoms with Gasteiger partial charge >= 0.3 is 0 Å². The number of benzene rings is 4. The summed E-state index contributed by atoms with van der Waals surface area (Å²) >= 11 is 20.1. The van der Waals surface area contributed by atoms with Gasteiger partial charge in [-0.3, -0.25) is 0 Å². The van der Waals surface area contributed by atoms with Crippen molar-refractivity contribution in [2.45, 2.75) is 58.0 Å². The Morgan fingerprint density at radius 3 is 1.27 bits per heavy atom. The maximum Gasteiger partial charge on any atom is 0.0527 e. The van der Waals surface area contributed by atoms with Crippen molar-refractivity contribution >= 4 is 76.9 Å². The third kappa shape index (κ3) is 7.10. The fourth-order valence-corrected chi connectivity index (χ4v) is 7.75. The zero-order valence-electron chi connectivity index (χ0n) is 25.4. The minimum absolute atomic E-state index is 0.758. The van der Waals surface area contributed by atoms with Gasteiger partial charge in [-0.1, -0.05) is 129 Å². The van der Waals surface area contributed by atoms with Crippen LogP contribution in [0.2, 0.25) is 10.0 Å². The smallest absolute Gasteiger partial charge is 0.0527 e. The van der Waals surface area contributed by atoms with E-state index in [1.165, 1.54) is 81.1 Å². The molecular weight excluding hydrogens is 727 g/mol. The second kappa shape index (κ2) is 15.4. The van der Waals surface area contributed by atoms with Crippen LogP contribution in [-0.4, -0.2) is 19.8 Å². The number of unbranched alkanes of at least 4 members (excludes halogenated alkanes) is 4. The molecule has 45 heavy (non-hydrogen) atoms. The minimum Gasteiger partial charge on any atom is -0.340 e. The first-order chi connectivity index (χ1) is 22.1. The first-order valence-corrected chi connectivity index (χ1v) is 18.9. The van der Waals surface area contributed by atoms with Gasteiger partial charge in [-0.15, -0.1) is 0 Å². The van der Waals surface area contributed by atoms with Crippen LogP contribution in [0.3, 0.4) is 0 Å². The van der Waals surface area contributed by atoms with Gasteiger partial charge in [0.2, 0.25) is 0 Å². The molecule has 2 aromatic heterocycles. The minimum atomic E-state index is 0.758. The van der Waals surface area contributed by atoms with E-state index in [9.17, 15) is 0 Å². The van der Waals surface area contributed by atoms with Gasteiger partial charge in [0.15, 0.2) is 0 Å². The van der Waals surface area contributed by atoms with Crippen LogP contribution in [0.5, 0.6) is 0 Å². The van der Waals surface area contributed by atoms with E-state index in [-0.39, 0.29) is 0 Å². The van der Waals surface area contributed by atoms with Crippen LogP contribution < -0.4 is 0 Å². The highest BCUT2D eigenvalue weighted by atomic mass is 79.9. The van der Waals surface area contributed by atoms with E-state index in [1.807, 2.05) is 24.3 Å². The van der Waals surface area contributed by atoms with Crippen molar-refractivity contribution in [3.8, 4) is 22.5 Å². The molecule has 6 aromatic rings. The monoisotopic (exact) mass is 762 g/mol. The number of para-hydroxylation sites is 2. The van der Waals surface area contributed by atoms with E-state index >= 15 is 0 Å². The van der Waals surface area contributed by atoms with Crippen molar-refractivity contribution in [3.05, 3.63) is 118 Å². The van der Waals surface area contributed by atoms with Crippen LogP contribution in [0.1, 0.15) is 49.7 Å². The van der Waals surface area contributed by atoms with Crippen LogP contribution in [0.4, 0.5) is 0 Å². The van der Waals surface area contributed by atoms with E-state index in [4.69, 9.17) is 23.2 Å². The van der Waals surface area contributed by atoms with E-state index in [0.29, 0.717) is 0 Å². The van der Waals surface area contributed by atoms with Crippen LogP contribution in [-0.2, 0) is 19.5 Å². The molecule has 0 bridgehead atoms. The number of halogens is 4. The average molecular weight is 765 g/mol. The van der Waals surface area contributed by atoms with Crippen LogP contribution in [0.15, 0.2) is 97.1 Å². The van der Waals surface area contributed by atoms with Gasteiger partial charge < -0.3 is 9.13 Å². The molecular formula is C39H38Br2Cl2N2. The Morgan fingerprint density at radius 2 is 0.867 bits per heavy atom. The van der Waals surface area contributed by atoms with E-state index in [0.717, 1.165) is 53.1 Å². The molecule has 2 heterocycles. The van der Waals surface area contributed by atoms with Crippen molar-refractivity contribution < 1.29 is 0 Å². The molecule has 0 unspecified atom stereocenters. The number of nitrogens with zero attached hydrogens (tertiary/aromatic N) is 2.